The fraction of sp³-hybridized carbons (Fsp3) is 0.269. The third-order valence-electron chi connectivity index (χ3n) is 6.32. The number of carbonyl (C=O) groups excluding carboxylic acids is 2. The molecule has 1 fully saturated rings. The maximum absolute atomic E-state index is 12.7. The molecule has 0 atom stereocenters. The molecule has 2 amide bonds. The Labute approximate surface area is 206 Å². The van der Waals surface area contributed by atoms with Gasteiger partial charge in [0.2, 0.25) is 0 Å². The van der Waals surface area contributed by atoms with Crippen LogP contribution in [0.3, 0.4) is 0 Å². The summed E-state index contributed by atoms with van der Waals surface area (Å²) in [6.45, 7) is 0.575. The van der Waals surface area contributed by atoms with Crippen molar-refractivity contribution in [3.05, 3.63) is 76.1 Å². The van der Waals surface area contributed by atoms with E-state index < -0.39 is 0 Å². The average Bonchev–Trinajstić information content (AvgIpc) is 3.26. The molecule has 0 saturated heterocycles. The Morgan fingerprint density at radius 3 is 2.41 bits per heavy atom. The fourth-order valence-corrected chi connectivity index (χ4v) is 4.80. The Kier molecular flexibility index (Phi) is 6.44. The van der Waals surface area contributed by atoms with Crippen molar-refractivity contribution in [3.63, 3.8) is 0 Å². The number of halogens is 2. The number of nitrogens with one attached hydrogen (secondary N) is 2. The minimum absolute atomic E-state index is 0.0993. The Morgan fingerprint density at radius 2 is 1.62 bits per heavy atom. The number of aromatic nitrogens is 1. The lowest BCUT2D eigenvalue weighted by Gasteiger charge is -2.29. The van der Waals surface area contributed by atoms with E-state index in [1.165, 1.54) is 0 Å². The first kappa shape index (κ1) is 22.7. The highest BCUT2D eigenvalue weighted by atomic mass is 35.5. The van der Waals surface area contributed by atoms with E-state index in [1.54, 1.807) is 36.4 Å². The third kappa shape index (κ3) is 5.03. The SMILES string of the molecule is O=C(N[C@H]1CC[C@H](CNC(=O)c2cc3cc(Cl)ccc3o2)CC1)c1ccc2cc(Cl)ccc2n1. The van der Waals surface area contributed by atoms with Crippen molar-refractivity contribution in [3.8, 4) is 0 Å². The molecular weight excluding hydrogens is 473 g/mol. The number of rotatable bonds is 5. The summed E-state index contributed by atoms with van der Waals surface area (Å²) in [5.41, 5.74) is 1.77. The number of fused-ring (bicyclic) bond motifs is 2. The van der Waals surface area contributed by atoms with Crippen LogP contribution in [-0.2, 0) is 0 Å². The van der Waals surface area contributed by atoms with Crippen LogP contribution in [-0.4, -0.2) is 29.4 Å². The lowest BCUT2D eigenvalue weighted by atomic mass is 9.86. The van der Waals surface area contributed by atoms with Crippen molar-refractivity contribution >= 4 is 56.9 Å². The minimum atomic E-state index is -0.230. The molecule has 2 N–H and O–H groups in total. The molecule has 1 saturated carbocycles. The van der Waals surface area contributed by atoms with Crippen molar-refractivity contribution in [2.24, 2.45) is 5.92 Å². The molecule has 0 spiro atoms. The van der Waals surface area contributed by atoms with Crippen LogP contribution in [0.15, 0.2) is 59.0 Å². The van der Waals surface area contributed by atoms with E-state index in [-0.39, 0.29) is 23.6 Å². The molecule has 0 bridgehead atoms. The Morgan fingerprint density at radius 1 is 0.882 bits per heavy atom. The van der Waals surface area contributed by atoms with Crippen LogP contribution in [0.4, 0.5) is 0 Å². The third-order valence-corrected chi connectivity index (χ3v) is 6.79. The van der Waals surface area contributed by atoms with Gasteiger partial charge in [-0.25, -0.2) is 4.98 Å². The Hall–Kier alpha value is -3.09. The highest BCUT2D eigenvalue weighted by Gasteiger charge is 2.24. The van der Waals surface area contributed by atoms with Crippen molar-refractivity contribution in [2.45, 2.75) is 31.7 Å². The van der Waals surface area contributed by atoms with Crippen LogP contribution in [0.1, 0.15) is 46.7 Å². The van der Waals surface area contributed by atoms with E-state index in [1.807, 2.05) is 18.2 Å². The smallest absolute Gasteiger partial charge is 0.287 e. The molecule has 174 valence electrons. The zero-order valence-electron chi connectivity index (χ0n) is 18.3. The van der Waals surface area contributed by atoms with Crippen LogP contribution >= 0.6 is 23.2 Å². The Bertz CT molecular complexity index is 1380. The van der Waals surface area contributed by atoms with E-state index >= 15 is 0 Å². The zero-order valence-corrected chi connectivity index (χ0v) is 19.8. The van der Waals surface area contributed by atoms with E-state index in [9.17, 15) is 9.59 Å². The van der Waals surface area contributed by atoms with Crippen LogP contribution in [0.25, 0.3) is 21.9 Å². The largest absolute Gasteiger partial charge is 0.451 e. The summed E-state index contributed by atoms with van der Waals surface area (Å²) in [5.74, 6) is 0.243. The van der Waals surface area contributed by atoms with Crippen molar-refractivity contribution in [1.29, 1.82) is 0 Å². The predicted molar refractivity (Wildman–Crippen MR) is 134 cm³/mol. The van der Waals surface area contributed by atoms with Crippen LogP contribution < -0.4 is 10.6 Å². The van der Waals surface area contributed by atoms with Gasteiger partial charge in [0.25, 0.3) is 11.8 Å². The summed E-state index contributed by atoms with van der Waals surface area (Å²) >= 11 is 12.0. The van der Waals surface area contributed by atoms with Gasteiger partial charge >= 0.3 is 0 Å². The minimum Gasteiger partial charge on any atom is -0.451 e. The summed E-state index contributed by atoms with van der Waals surface area (Å²) in [4.78, 5) is 29.7. The molecule has 2 heterocycles. The Balaban J connectivity index is 1.11. The monoisotopic (exact) mass is 495 g/mol. The van der Waals surface area contributed by atoms with Crippen molar-refractivity contribution < 1.29 is 14.0 Å². The molecule has 1 aliphatic rings. The number of nitrogens with zero attached hydrogens (tertiary/aromatic N) is 1. The van der Waals surface area contributed by atoms with Gasteiger partial charge < -0.3 is 15.1 Å². The maximum Gasteiger partial charge on any atom is 0.287 e. The van der Waals surface area contributed by atoms with E-state index in [0.29, 0.717) is 33.8 Å². The molecule has 1 aliphatic carbocycles. The van der Waals surface area contributed by atoms with Crippen LogP contribution in [0.2, 0.25) is 10.0 Å². The second-order valence-electron chi connectivity index (χ2n) is 8.73. The molecule has 2 aromatic heterocycles. The zero-order chi connectivity index (χ0) is 23.7. The van der Waals surface area contributed by atoms with Crippen LogP contribution in [0.5, 0.6) is 0 Å². The number of amides is 2. The number of pyridine rings is 1. The number of carbonyl (C=O) groups is 2. The molecule has 6 nitrogen and oxygen atoms in total. The molecule has 0 aliphatic heterocycles. The van der Waals surface area contributed by atoms with Gasteiger partial charge in [0.15, 0.2) is 5.76 Å². The first-order chi connectivity index (χ1) is 16.4. The van der Waals surface area contributed by atoms with E-state index in [2.05, 4.69) is 15.6 Å². The van der Waals surface area contributed by atoms with Gasteiger partial charge in [0, 0.05) is 33.4 Å². The first-order valence-electron chi connectivity index (χ1n) is 11.3. The van der Waals surface area contributed by atoms with E-state index in [4.69, 9.17) is 27.6 Å². The maximum atomic E-state index is 12.7. The van der Waals surface area contributed by atoms with Crippen molar-refractivity contribution in [2.75, 3.05) is 6.54 Å². The second-order valence-corrected chi connectivity index (χ2v) is 9.60. The lowest BCUT2D eigenvalue weighted by Crippen LogP contribution is -2.40. The van der Waals surface area contributed by atoms with Crippen LogP contribution in [0, 0.1) is 5.92 Å². The highest BCUT2D eigenvalue weighted by molar-refractivity contribution is 6.31. The molecule has 0 radical (unpaired) electrons. The number of hydrogen-bond donors (Lipinski definition) is 2. The van der Waals surface area contributed by atoms with Gasteiger partial charge in [-0.2, -0.15) is 0 Å². The summed E-state index contributed by atoms with van der Waals surface area (Å²) < 4.78 is 5.63. The second kappa shape index (κ2) is 9.65. The van der Waals surface area contributed by atoms with E-state index in [0.717, 1.165) is 42.0 Å². The van der Waals surface area contributed by atoms with Gasteiger partial charge in [-0.3, -0.25) is 9.59 Å². The molecule has 5 rings (SSSR count). The summed E-state index contributed by atoms with van der Waals surface area (Å²) in [5, 5.41) is 9.02. The first-order valence-corrected chi connectivity index (χ1v) is 12.0. The molecule has 8 heteroatoms. The van der Waals surface area contributed by atoms with Gasteiger partial charge in [-0.05, 0) is 80.1 Å². The molecule has 34 heavy (non-hydrogen) atoms. The highest BCUT2D eigenvalue weighted by Crippen LogP contribution is 2.26. The van der Waals surface area contributed by atoms with Gasteiger partial charge in [-0.15, -0.1) is 0 Å². The molecule has 2 aromatic carbocycles. The number of furan rings is 1. The van der Waals surface area contributed by atoms with Gasteiger partial charge in [-0.1, -0.05) is 29.3 Å². The predicted octanol–water partition coefficient (Wildman–Crippen LogP) is 6.01. The standard InChI is InChI=1S/C26H23Cl2N3O3/c27-18-4-9-21-16(11-18)3-8-22(31-21)25(32)30-20-6-1-15(2-7-20)14-29-26(33)24-13-17-12-19(28)5-10-23(17)34-24/h3-5,8-13,15,20H,1-2,6-7,14H2,(H,29,33)(H,30,32)/t15-,20-. The summed E-state index contributed by atoms with van der Waals surface area (Å²) in [7, 11) is 0. The quantitative estimate of drug-likeness (QED) is 0.355. The lowest BCUT2D eigenvalue weighted by molar-refractivity contribution is 0.0909. The molecule has 4 aromatic rings. The fourth-order valence-electron chi connectivity index (χ4n) is 4.44. The number of benzene rings is 2. The van der Waals surface area contributed by atoms with Gasteiger partial charge in [0.1, 0.15) is 11.3 Å². The normalized spacial score (nSPS) is 18.2. The molecule has 0 unspecified atom stereocenters. The number of hydrogen-bond acceptors (Lipinski definition) is 4. The summed E-state index contributed by atoms with van der Waals surface area (Å²) in [6.07, 6.45) is 3.56. The van der Waals surface area contributed by atoms with Crippen molar-refractivity contribution in [1.82, 2.24) is 15.6 Å². The van der Waals surface area contributed by atoms with Gasteiger partial charge in [0.05, 0.1) is 5.52 Å². The summed E-state index contributed by atoms with van der Waals surface area (Å²) in [6, 6.07) is 16.1. The average molecular weight is 496 g/mol. The molecular formula is C26H23Cl2N3O3. The topological polar surface area (TPSA) is 84.2 Å².